The van der Waals surface area contributed by atoms with Crippen LogP contribution in [0.4, 0.5) is 5.82 Å². The van der Waals surface area contributed by atoms with Crippen molar-refractivity contribution in [1.82, 2.24) is 9.97 Å². The molecule has 1 aromatic carbocycles. The van der Waals surface area contributed by atoms with E-state index in [1.807, 2.05) is 12.1 Å². The van der Waals surface area contributed by atoms with Gasteiger partial charge in [0.25, 0.3) is 0 Å². The first-order valence-corrected chi connectivity index (χ1v) is 10.9. The van der Waals surface area contributed by atoms with Crippen molar-refractivity contribution in [2.75, 3.05) is 33.1 Å². The molecular formula is C21H23N4OS2+. The Morgan fingerprint density at radius 2 is 1.93 bits per heavy atom. The molecule has 28 heavy (non-hydrogen) atoms. The fraction of sp³-hybridized carbons (Fsp3) is 0.238. The molecule has 0 amide bonds. The summed E-state index contributed by atoms with van der Waals surface area (Å²) in [6.45, 7) is 0.812. The van der Waals surface area contributed by atoms with E-state index in [9.17, 15) is 0 Å². The number of hydrogen-bond donors (Lipinski definition) is 2. The third-order valence-corrected chi connectivity index (χ3v) is 6.70. The number of fused-ring (bicyclic) bond motifs is 1. The molecule has 5 nitrogen and oxygen atoms in total. The number of nitrogens with one attached hydrogen (secondary N) is 2. The Bertz CT molecular complexity index is 1040. The van der Waals surface area contributed by atoms with Crippen LogP contribution in [0.2, 0.25) is 0 Å². The molecule has 3 aromatic heterocycles. The van der Waals surface area contributed by atoms with E-state index in [1.165, 1.54) is 9.78 Å². The predicted octanol–water partition coefficient (Wildman–Crippen LogP) is 3.73. The number of nitrogens with zero attached hydrogens (tertiary/aromatic N) is 2. The molecule has 2 N–H and O–H groups in total. The maximum atomic E-state index is 5.28. The molecule has 0 unspecified atom stereocenters. The molecule has 0 bridgehead atoms. The number of anilines is 1. The largest absolute Gasteiger partial charge is 0.497 e. The second kappa shape index (κ2) is 8.26. The zero-order chi connectivity index (χ0) is 19.5. The second-order valence-electron chi connectivity index (χ2n) is 6.81. The van der Waals surface area contributed by atoms with Crippen LogP contribution < -0.4 is 15.0 Å². The highest BCUT2D eigenvalue weighted by atomic mass is 32.1. The van der Waals surface area contributed by atoms with Crippen LogP contribution in [-0.4, -0.2) is 37.7 Å². The summed E-state index contributed by atoms with van der Waals surface area (Å²) in [4.78, 5) is 12.8. The molecule has 1 atom stereocenters. The van der Waals surface area contributed by atoms with E-state index in [1.54, 1.807) is 36.1 Å². The van der Waals surface area contributed by atoms with E-state index >= 15 is 0 Å². The number of likely N-dealkylation sites (N-methyl/N-ethyl adjacent to an activating group) is 1. The molecule has 0 aliphatic carbocycles. The van der Waals surface area contributed by atoms with Gasteiger partial charge < -0.3 is 15.0 Å². The fourth-order valence-corrected chi connectivity index (χ4v) is 5.14. The van der Waals surface area contributed by atoms with Crippen LogP contribution in [-0.2, 0) is 0 Å². The van der Waals surface area contributed by atoms with Gasteiger partial charge in [-0.1, -0.05) is 18.2 Å². The first kappa shape index (κ1) is 18.9. The molecule has 0 aliphatic rings. The number of ether oxygens (including phenoxy) is 1. The smallest absolute Gasteiger partial charge is 0.139 e. The number of thiophene rings is 2. The summed E-state index contributed by atoms with van der Waals surface area (Å²) in [6.07, 6.45) is 1.64. The summed E-state index contributed by atoms with van der Waals surface area (Å²) < 4.78 is 5.28. The molecule has 4 aromatic rings. The van der Waals surface area contributed by atoms with Crippen molar-refractivity contribution in [3.63, 3.8) is 0 Å². The molecule has 0 saturated carbocycles. The van der Waals surface area contributed by atoms with E-state index in [0.717, 1.165) is 39.5 Å². The van der Waals surface area contributed by atoms with Crippen molar-refractivity contribution in [3.05, 3.63) is 58.4 Å². The lowest BCUT2D eigenvalue weighted by molar-refractivity contribution is -0.889. The second-order valence-corrected chi connectivity index (χ2v) is 8.64. The minimum absolute atomic E-state index is 0.369. The number of quaternary nitrogens is 1. The highest BCUT2D eigenvalue weighted by molar-refractivity contribution is 7.17. The Kier molecular flexibility index (Phi) is 5.57. The Morgan fingerprint density at radius 3 is 2.61 bits per heavy atom. The number of rotatable bonds is 7. The van der Waals surface area contributed by atoms with Crippen LogP contribution in [0.15, 0.2) is 53.5 Å². The van der Waals surface area contributed by atoms with Crippen molar-refractivity contribution < 1.29 is 9.64 Å². The summed E-state index contributed by atoms with van der Waals surface area (Å²) in [6, 6.07) is 12.8. The molecule has 0 fully saturated rings. The standard InChI is InChI=1S/C21H22N4OS2/c1-25(2)17(18-5-4-10-27-18)11-22-20-19-16(12-28-21(19)24-13-23-20)14-6-8-15(26-3)9-7-14/h4-10,12-13,17H,11H2,1-3H3,(H,22,23,24)/p+1/t17-/m0/s1. The van der Waals surface area contributed by atoms with E-state index in [4.69, 9.17) is 4.74 Å². The molecule has 0 aliphatic heterocycles. The summed E-state index contributed by atoms with van der Waals surface area (Å²) in [5.41, 5.74) is 2.29. The zero-order valence-electron chi connectivity index (χ0n) is 16.1. The van der Waals surface area contributed by atoms with Gasteiger partial charge in [0.1, 0.15) is 28.8 Å². The third kappa shape index (κ3) is 3.73. The number of aromatic nitrogens is 2. The lowest BCUT2D eigenvalue weighted by Gasteiger charge is -2.21. The van der Waals surface area contributed by atoms with Crippen molar-refractivity contribution in [3.8, 4) is 16.9 Å². The van der Waals surface area contributed by atoms with Gasteiger partial charge in [0, 0.05) is 10.9 Å². The summed E-state index contributed by atoms with van der Waals surface area (Å²) in [7, 11) is 6.06. The van der Waals surface area contributed by atoms with Gasteiger partial charge >= 0.3 is 0 Å². The highest BCUT2D eigenvalue weighted by Gasteiger charge is 2.20. The average Bonchev–Trinajstić information content (AvgIpc) is 3.38. The normalized spacial score (nSPS) is 12.4. The van der Waals surface area contributed by atoms with Gasteiger partial charge in [0.2, 0.25) is 0 Å². The molecule has 7 heteroatoms. The monoisotopic (exact) mass is 411 g/mol. The highest BCUT2D eigenvalue weighted by Crippen LogP contribution is 2.37. The molecule has 0 spiro atoms. The van der Waals surface area contributed by atoms with Gasteiger partial charge in [0.05, 0.1) is 38.0 Å². The van der Waals surface area contributed by atoms with Crippen LogP contribution in [0, 0.1) is 0 Å². The SMILES string of the molecule is COc1ccc(-c2csc3ncnc(NC[C@@H](c4cccs4)[NH+](C)C)c23)cc1. The summed E-state index contributed by atoms with van der Waals surface area (Å²) >= 11 is 3.45. The van der Waals surface area contributed by atoms with Crippen LogP contribution in [0.1, 0.15) is 10.9 Å². The zero-order valence-corrected chi connectivity index (χ0v) is 17.7. The van der Waals surface area contributed by atoms with Gasteiger partial charge in [-0.15, -0.1) is 22.7 Å². The molecule has 3 heterocycles. The van der Waals surface area contributed by atoms with Gasteiger partial charge in [-0.25, -0.2) is 9.97 Å². The number of benzene rings is 1. The van der Waals surface area contributed by atoms with E-state index in [2.05, 4.69) is 64.4 Å². The van der Waals surface area contributed by atoms with Crippen molar-refractivity contribution in [2.45, 2.75) is 6.04 Å². The minimum atomic E-state index is 0.369. The lowest BCUT2D eigenvalue weighted by atomic mass is 10.1. The van der Waals surface area contributed by atoms with Crippen LogP contribution in [0.5, 0.6) is 5.75 Å². The Labute approximate surface area is 172 Å². The van der Waals surface area contributed by atoms with Crippen LogP contribution in [0.3, 0.4) is 0 Å². The average molecular weight is 412 g/mol. The van der Waals surface area contributed by atoms with Gasteiger partial charge in [-0.2, -0.15) is 0 Å². The molecule has 4 rings (SSSR count). The molecular weight excluding hydrogens is 388 g/mol. The van der Waals surface area contributed by atoms with Crippen molar-refractivity contribution in [1.29, 1.82) is 0 Å². The molecule has 144 valence electrons. The molecule has 0 saturated heterocycles. The predicted molar refractivity (Wildman–Crippen MR) is 118 cm³/mol. The molecule has 0 radical (unpaired) electrons. The van der Waals surface area contributed by atoms with E-state index < -0.39 is 0 Å². The van der Waals surface area contributed by atoms with Gasteiger partial charge in [-0.3, -0.25) is 0 Å². The van der Waals surface area contributed by atoms with E-state index in [-0.39, 0.29) is 0 Å². The Balaban J connectivity index is 1.66. The quantitative estimate of drug-likeness (QED) is 0.487. The maximum Gasteiger partial charge on any atom is 0.139 e. The Hall–Kier alpha value is -2.48. The number of hydrogen-bond acceptors (Lipinski definition) is 6. The maximum absolute atomic E-state index is 5.28. The first-order valence-electron chi connectivity index (χ1n) is 9.11. The number of methoxy groups -OCH3 is 1. The lowest BCUT2D eigenvalue weighted by Crippen LogP contribution is -3.06. The third-order valence-electron chi connectivity index (χ3n) is 4.83. The van der Waals surface area contributed by atoms with Gasteiger partial charge in [-0.05, 0) is 29.1 Å². The van der Waals surface area contributed by atoms with Crippen molar-refractivity contribution in [2.24, 2.45) is 0 Å². The topological polar surface area (TPSA) is 51.5 Å². The van der Waals surface area contributed by atoms with Crippen molar-refractivity contribution >= 4 is 38.7 Å². The van der Waals surface area contributed by atoms with Gasteiger partial charge in [0.15, 0.2) is 0 Å². The van der Waals surface area contributed by atoms with E-state index in [0.29, 0.717) is 6.04 Å². The van der Waals surface area contributed by atoms with Crippen LogP contribution in [0.25, 0.3) is 21.3 Å². The minimum Gasteiger partial charge on any atom is -0.497 e. The first-order chi connectivity index (χ1) is 13.7. The fourth-order valence-electron chi connectivity index (χ4n) is 3.27. The van der Waals surface area contributed by atoms with Crippen LogP contribution >= 0.6 is 22.7 Å². The summed E-state index contributed by atoms with van der Waals surface area (Å²) in [5, 5.41) is 8.96. The Morgan fingerprint density at radius 1 is 1.11 bits per heavy atom. The summed E-state index contributed by atoms with van der Waals surface area (Å²) in [5.74, 6) is 1.74.